The van der Waals surface area contributed by atoms with Gasteiger partial charge < -0.3 is 5.11 Å². The Kier molecular flexibility index (Phi) is 3.87. The number of hydrogen-bond acceptors (Lipinski definition) is 2. The number of fused-ring (bicyclic) bond motifs is 5. The van der Waals surface area contributed by atoms with Gasteiger partial charge in [-0.25, -0.2) is 0 Å². The molecule has 0 spiro atoms. The zero-order valence-electron chi connectivity index (χ0n) is 16.8. The summed E-state index contributed by atoms with van der Waals surface area (Å²) in [4.78, 5) is 12.2. The molecule has 0 heterocycles. The van der Waals surface area contributed by atoms with Crippen LogP contribution in [0.5, 0.6) is 0 Å². The largest absolute Gasteiger partial charge is 0.392 e. The molecule has 4 rings (SSSR count). The van der Waals surface area contributed by atoms with Gasteiger partial charge in [-0.05, 0) is 80.5 Å². The van der Waals surface area contributed by atoms with Gasteiger partial charge in [-0.3, -0.25) is 4.79 Å². The number of allylic oxidation sites excluding steroid dienone is 1. The Morgan fingerprint density at radius 1 is 1.04 bits per heavy atom. The summed E-state index contributed by atoms with van der Waals surface area (Å²) in [6.45, 7) is 11.2. The smallest absolute Gasteiger partial charge is 0.133 e. The molecule has 0 saturated heterocycles. The Morgan fingerprint density at radius 3 is 2.44 bits per heavy atom. The molecule has 3 fully saturated rings. The van der Waals surface area contributed by atoms with E-state index in [0.29, 0.717) is 17.6 Å². The summed E-state index contributed by atoms with van der Waals surface area (Å²) in [5.74, 6) is 2.90. The summed E-state index contributed by atoms with van der Waals surface area (Å²) in [5.41, 5.74) is 1.93. The van der Waals surface area contributed by atoms with Crippen LogP contribution < -0.4 is 0 Å². The highest BCUT2D eigenvalue weighted by Crippen LogP contribution is 2.68. The van der Waals surface area contributed by atoms with Crippen molar-refractivity contribution in [3.05, 3.63) is 11.6 Å². The van der Waals surface area contributed by atoms with Crippen molar-refractivity contribution in [1.82, 2.24) is 0 Å². The van der Waals surface area contributed by atoms with Gasteiger partial charge in [0.25, 0.3) is 0 Å². The molecule has 0 amide bonds. The first-order valence-corrected chi connectivity index (χ1v) is 10.5. The van der Waals surface area contributed by atoms with Crippen molar-refractivity contribution >= 4 is 5.78 Å². The Labute approximate surface area is 153 Å². The fourth-order valence-electron chi connectivity index (χ4n) is 8.06. The average Bonchev–Trinajstić information content (AvgIpc) is 2.89. The minimum absolute atomic E-state index is 0.0870. The molecule has 4 aliphatic rings. The molecule has 0 radical (unpaired) electrons. The molecule has 140 valence electrons. The predicted molar refractivity (Wildman–Crippen MR) is 101 cm³/mol. The summed E-state index contributed by atoms with van der Waals surface area (Å²) >= 11 is 0. The first kappa shape index (κ1) is 17.8. The lowest BCUT2D eigenvalue weighted by Crippen LogP contribution is -2.54. The van der Waals surface area contributed by atoms with Crippen LogP contribution in [-0.2, 0) is 4.79 Å². The second kappa shape index (κ2) is 5.44. The first-order valence-electron chi connectivity index (χ1n) is 10.5. The normalized spacial score (nSPS) is 51.1. The second-order valence-corrected chi connectivity index (χ2v) is 10.7. The maximum atomic E-state index is 12.2. The van der Waals surface area contributed by atoms with Crippen molar-refractivity contribution in [3.63, 3.8) is 0 Å². The van der Waals surface area contributed by atoms with Crippen molar-refractivity contribution in [2.75, 3.05) is 0 Å². The first-order chi connectivity index (χ1) is 11.6. The molecule has 3 saturated carbocycles. The highest BCUT2D eigenvalue weighted by molar-refractivity contribution is 5.79. The highest BCUT2D eigenvalue weighted by Gasteiger charge is 2.61. The van der Waals surface area contributed by atoms with E-state index in [4.69, 9.17) is 0 Å². The Morgan fingerprint density at radius 2 is 1.76 bits per heavy atom. The lowest BCUT2D eigenvalue weighted by Gasteiger charge is -2.61. The topological polar surface area (TPSA) is 37.3 Å². The van der Waals surface area contributed by atoms with Gasteiger partial charge in [0.05, 0.1) is 6.10 Å². The molecule has 2 nitrogen and oxygen atoms in total. The molecule has 0 aromatic heterocycles. The van der Waals surface area contributed by atoms with Gasteiger partial charge >= 0.3 is 0 Å². The molecule has 0 bridgehead atoms. The third kappa shape index (κ3) is 2.22. The van der Waals surface area contributed by atoms with Crippen LogP contribution in [0.25, 0.3) is 0 Å². The molecule has 2 heteroatoms. The number of ketones is 1. The standard InChI is InChI=1S/C23H36O2/c1-14(24)16-7-8-17-15-6-9-19-21(2,3)20(25)11-13-23(19,5)18(15)10-12-22(16,17)4/h9,15-18,20,25H,6-8,10-13H2,1-5H3/t15?,16-,17?,18?,20+,22-,23-/m1/s1. The summed E-state index contributed by atoms with van der Waals surface area (Å²) in [6.07, 6.45) is 10.4. The zero-order valence-corrected chi connectivity index (χ0v) is 16.8. The van der Waals surface area contributed by atoms with Crippen molar-refractivity contribution < 1.29 is 9.90 Å². The van der Waals surface area contributed by atoms with Crippen LogP contribution >= 0.6 is 0 Å². The average molecular weight is 345 g/mol. The van der Waals surface area contributed by atoms with Gasteiger partial charge in [-0.1, -0.05) is 39.3 Å². The van der Waals surface area contributed by atoms with Gasteiger partial charge in [0.1, 0.15) is 5.78 Å². The Hall–Kier alpha value is -0.630. The second-order valence-electron chi connectivity index (χ2n) is 10.7. The minimum atomic E-state index is -0.203. The molecule has 3 unspecified atom stereocenters. The fourth-order valence-corrected chi connectivity index (χ4v) is 8.06. The molecule has 7 atom stereocenters. The molecule has 0 aliphatic heterocycles. The number of hydrogen-bond donors (Lipinski definition) is 1. The third-order valence-corrected chi connectivity index (χ3v) is 9.42. The number of carbonyl (C=O) groups excluding carboxylic acids is 1. The van der Waals surface area contributed by atoms with Crippen molar-refractivity contribution in [2.24, 2.45) is 39.9 Å². The van der Waals surface area contributed by atoms with E-state index >= 15 is 0 Å². The van der Waals surface area contributed by atoms with Gasteiger partial charge in [0, 0.05) is 11.3 Å². The van der Waals surface area contributed by atoms with Crippen LogP contribution in [0.4, 0.5) is 0 Å². The number of carbonyl (C=O) groups is 1. The number of Topliss-reactive ketones (excluding diaryl/α,β-unsaturated/α-hetero) is 1. The van der Waals surface area contributed by atoms with E-state index in [1.54, 1.807) is 0 Å². The van der Waals surface area contributed by atoms with E-state index in [0.717, 1.165) is 37.5 Å². The molecular formula is C23H36O2. The molecule has 1 N–H and O–H groups in total. The van der Waals surface area contributed by atoms with Crippen LogP contribution in [0.15, 0.2) is 11.6 Å². The molecular weight excluding hydrogens is 308 g/mol. The SMILES string of the molecule is CC(=O)[C@H]1CCC2C3CC=C4C(C)(C)[C@@H](O)CC[C@]4(C)C3CC[C@@]21C. The maximum absolute atomic E-state index is 12.2. The van der Waals surface area contributed by atoms with Crippen molar-refractivity contribution in [1.29, 1.82) is 0 Å². The summed E-state index contributed by atoms with van der Waals surface area (Å²) in [5, 5.41) is 10.6. The molecule has 4 aliphatic carbocycles. The minimum Gasteiger partial charge on any atom is -0.392 e. The molecule has 0 aromatic rings. The van der Waals surface area contributed by atoms with Crippen LogP contribution in [0, 0.1) is 39.9 Å². The van der Waals surface area contributed by atoms with Crippen LogP contribution in [0.3, 0.4) is 0 Å². The zero-order chi connectivity index (χ0) is 18.2. The van der Waals surface area contributed by atoms with E-state index in [9.17, 15) is 9.90 Å². The predicted octanol–water partition coefficient (Wildman–Crippen LogP) is 5.15. The quantitative estimate of drug-likeness (QED) is 0.668. The molecule has 0 aromatic carbocycles. The van der Waals surface area contributed by atoms with Crippen molar-refractivity contribution in [3.8, 4) is 0 Å². The lowest BCUT2D eigenvalue weighted by molar-refractivity contribution is -0.128. The van der Waals surface area contributed by atoms with E-state index < -0.39 is 0 Å². The number of aliphatic hydroxyl groups is 1. The molecule has 25 heavy (non-hydrogen) atoms. The van der Waals surface area contributed by atoms with Crippen LogP contribution in [-0.4, -0.2) is 17.0 Å². The van der Waals surface area contributed by atoms with Gasteiger partial charge in [-0.15, -0.1) is 0 Å². The highest BCUT2D eigenvalue weighted by atomic mass is 16.3. The Bertz CT molecular complexity index is 618. The van der Waals surface area contributed by atoms with E-state index in [1.165, 1.54) is 24.8 Å². The third-order valence-electron chi connectivity index (χ3n) is 9.42. The Balaban J connectivity index is 1.71. The summed E-state index contributed by atoms with van der Waals surface area (Å²) < 4.78 is 0. The fraction of sp³-hybridized carbons (Fsp3) is 0.870. The number of aliphatic hydroxyl groups excluding tert-OH is 1. The van der Waals surface area contributed by atoms with Crippen LogP contribution in [0.2, 0.25) is 0 Å². The summed E-state index contributed by atoms with van der Waals surface area (Å²) in [7, 11) is 0. The number of rotatable bonds is 1. The summed E-state index contributed by atoms with van der Waals surface area (Å²) in [6, 6.07) is 0. The lowest BCUT2D eigenvalue weighted by atomic mass is 9.44. The van der Waals surface area contributed by atoms with Gasteiger partial charge in [0.15, 0.2) is 0 Å². The van der Waals surface area contributed by atoms with Gasteiger partial charge in [-0.2, -0.15) is 0 Å². The van der Waals surface area contributed by atoms with Crippen LogP contribution in [0.1, 0.15) is 79.6 Å². The monoisotopic (exact) mass is 344 g/mol. The van der Waals surface area contributed by atoms with E-state index in [2.05, 4.69) is 33.8 Å². The van der Waals surface area contributed by atoms with Gasteiger partial charge in [0.2, 0.25) is 0 Å². The van der Waals surface area contributed by atoms with Crippen molar-refractivity contribution in [2.45, 2.75) is 85.7 Å². The van der Waals surface area contributed by atoms with E-state index in [1.807, 2.05) is 6.92 Å². The van der Waals surface area contributed by atoms with E-state index in [-0.39, 0.29) is 22.3 Å². The maximum Gasteiger partial charge on any atom is 0.133 e.